The Morgan fingerprint density at radius 1 is 0.500 bits per heavy atom. The number of hydrogen-bond donors (Lipinski definition) is 2. The number of unbranched alkanes of at least 4 members (excludes halogenated alkanes) is 7. The van der Waals surface area contributed by atoms with Crippen LogP contribution in [0.25, 0.3) is 0 Å². The number of ether oxygens (including phenoxy) is 4. The third-order valence-electron chi connectivity index (χ3n) is 6.15. The molecule has 0 aromatic heterocycles. The minimum atomic E-state index is -0.929. The third kappa shape index (κ3) is 23.7. The van der Waals surface area contributed by atoms with E-state index in [0.717, 1.165) is 44.9 Å². The van der Waals surface area contributed by atoms with E-state index in [9.17, 15) is 19.2 Å². The molecule has 0 rings (SSSR count). The molecule has 0 atom stereocenters. The minimum Gasteiger partial charge on any atom is -0.466 e. The Balaban J connectivity index is 3.74. The van der Waals surface area contributed by atoms with Gasteiger partial charge in [-0.2, -0.15) is 0 Å². The van der Waals surface area contributed by atoms with Crippen LogP contribution in [-0.2, 0) is 38.1 Å². The molecule has 0 aliphatic heterocycles. The molecule has 0 aliphatic rings. The summed E-state index contributed by atoms with van der Waals surface area (Å²) < 4.78 is 21.4. The number of esters is 4. The predicted octanol–water partition coefficient (Wildman–Crippen LogP) is 4.94. The molecule has 0 spiro atoms. The summed E-state index contributed by atoms with van der Waals surface area (Å²) in [7, 11) is 0. The van der Waals surface area contributed by atoms with E-state index in [-0.39, 0.29) is 50.4 Å². The van der Waals surface area contributed by atoms with Crippen molar-refractivity contribution in [3.8, 4) is 0 Å². The van der Waals surface area contributed by atoms with E-state index in [1.165, 1.54) is 0 Å². The summed E-state index contributed by atoms with van der Waals surface area (Å²) in [4.78, 5) is 47.6. The first-order chi connectivity index (χ1) is 18.9. The fraction of sp³-hybridized carbons (Fsp3) is 0.867. The first-order valence-electron chi connectivity index (χ1n) is 14.9. The summed E-state index contributed by atoms with van der Waals surface area (Å²) in [6.07, 6.45) is 9.56. The normalized spacial score (nSPS) is 11.7. The summed E-state index contributed by atoms with van der Waals surface area (Å²) in [5, 5.41) is 17.6. The van der Waals surface area contributed by atoms with E-state index in [1.807, 2.05) is 13.8 Å². The summed E-state index contributed by atoms with van der Waals surface area (Å²) in [6, 6.07) is 0. The van der Waals surface area contributed by atoms with Crippen LogP contribution in [0.3, 0.4) is 0 Å². The molecule has 0 heterocycles. The first kappa shape index (κ1) is 37.8. The van der Waals surface area contributed by atoms with Gasteiger partial charge in [-0.1, -0.05) is 12.8 Å². The molecule has 0 saturated carbocycles. The van der Waals surface area contributed by atoms with Crippen molar-refractivity contribution >= 4 is 23.9 Å². The highest BCUT2D eigenvalue weighted by molar-refractivity contribution is 5.73. The Morgan fingerprint density at radius 3 is 1.52 bits per heavy atom. The summed E-state index contributed by atoms with van der Waals surface area (Å²) >= 11 is 0. The Labute approximate surface area is 240 Å². The standard InChI is InChI=1S/C30H54O10/c1-29(2,39-27(35)18-15-21-32)19-11-7-9-16-25(33)37-22-13-5-6-14-23-38-28(36)24-30(3,4)40-26(34)17-10-8-12-20-31/h31-32H,5-24H2,1-4H3. The molecule has 0 aromatic rings. The lowest BCUT2D eigenvalue weighted by atomic mass is 9.99. The molecule has 0 amide bonds. The van der Waals surface area contributed by atoms with Gasteiger partial charge in [0.25, 0.3) is 0 Å². The van der Waals surface area contributed by atoms with Gasteiger partial charge in [-0.15, -0.1) is 0 Å². The number of hydrogen-bond acceptors (Lipinski definition) is 10. The Kier molecular flexibility index (Phi) is 21.2. The van der Waals surface area contributed by atoms with Crippen molar-refractivity contribution in [3.05, 3.63) is 0 Å². The van der Waals surface area contributed by atoms with Crippen molar-refractivity contribution in [2.24, 2.45) is 0 Å². The lowest BCUT2D eigenvalue weighted by Gasteiger charge is -2.25. The summed E-state index contributed by atoms with van der Waals surface area (Å²) in [6.45, 7) is 7.85. The number of rotatable bonds is 25. The minimum absolute atomic E-state index is 0.0119. The van der Waals surface area contributed by atoms with Crippen LogP contribution in [0.5, 0.6) is 0 Å². The van der Waals surface area contributed by atoms with Crippen molar-refractivity contribution in [1.29, 1.82) is 0 Å². The smallest absolute Gasteiger partial charge is 0.309 e. The van der Waals surface area contributed by atoms with Crippen molar-refractivity contribution in [2.75, 3.05) is 26.4 Å². The van der Waals surface area contributed by atoms with Crippen LogP contribution in [-0.4, -0.2) is 71.7 Å². The second-order valence-corrected chi connectivity index (χ2v) is 11.4. The van der Waals surface area contributed by atoms with Gasteiger partial charge < -0.3 is 29.2 Å². The molecule has 0 aromatic carbocycles. The first-order valence-corrected chi connectivity index (χ1v) is 14.9. The number of aliphatic hydroxyl groups excluding tert-OH is 2. The molecule has 0 aliphatic carbocycles. The van der Waals surface area contributed by atoms with Gasteiger partial charge in [0, 0.05) is 32.5 Å². The topological polar surface area (TPSA) is 146 Å². The van der Waals surface area contributed by atoms with Crippen LogP contribution in [0.4, 0.5) is 0 Å². The van der Waals surface area contributed by atoms with E-state index < -0.39 is 17.2 Å². The lowest BCUT2D eigenvalue weighted by Crippen LogP contribution is -2.31. The summed E-state index contributed by atoms with van der Waals surface area (Å²) in [5.74, 6) is -1.27. The van der Waals surface area contributed by atoms with Crippen molar-refractivity contribution in [1.82, 2.24) is 0 Å². The molecule has 40 heavy (non-hydrogen) atoms. The maximum Gasteiger partial charge on any atom is 0.309 e. The Bertz CT molecular complexity index is 717. The van der Waals surface area contributed by atoms with Crippen LogP contribution in [0, 0.1) is 0 Å². The second kappa shape index (κ2) is 22.5. The maximum absolute atomic E-state index is 12.1. The third-order valence-corrected chi connectivity index (χ3v) is 6.15. The highest BCUT2D eigenvalue weighted by Crippen LogP contribution is 2.20. The van der Waals surface area contributed by atoms with Crippen LogP contribution in [0.15, 0.2) is 0 Å². The predicted molar refractivity (Wildman–Crippen MR) is 150 cm³/mol. The molecular formula is C30H54O10. The van der Waals surface area contributed by atoms with E-state index >= 15 is 0 Å². The molecule has 0 radical (unpaired) electrons. The highest BCUT2D eigenvalue weighted by Gasteiger charge is 2.27. The van der Waals surface area contributed by atoms with Gasteiger partial charge in [0.1, 0.15) is 11.2 Å². The van der Waals surface area contributed by atoms with Crippen LogP contribution < -0.4 is 0 Å². The zero-order chi connectivity index (χ0) is 30.3. The second-order valence-electron chi connectivity index (χ2n) is 11.4. The van der Waals surface area contributed by atoms with Crippen molar-refractivity contribution in [2.45, 2.75) is 142 Å². The average molecular weight is 575 g/mol. The SMILES string of the molecule is CC(C)(CCCCCC(=O)OCCCCCCOC(=O)CC(C)(C)OC(=O)CCCCCO)OC(=O)CCCO. The van der Waals surface area contributed by atoms with Crippen LogP contribution >= 0.6 is 0 Å². The van der Waals surface area contributed by atoms with E-state index in [2.05, 4.69) is 0 Å². The van der Waals surface area contributed by atoms with Crippen LogP contribution in [0.2, 0.25) is 0 Å². The lowest BCUT2D eigenvalue weighted by molar-refractivity contribution is -0.163. The Hall–Kier alpha value is -2.20. The fourth-order valence-corrected chi connectivity index (χ4v) is 3.98. The van der Waals surface area contributed by atoms with Gasteiger partial charge in [0.15, 0.2) is 0 Å². The van der Waals surface area contributed by atoms with Gasteiger partial charge in [-0.25, -0.2) is 0 Å². The van der Waals surface area contributed by atoms with Gasteiger partial charge in [0.05, 0.1) is 19.6 Å². The summed E-state index contributed by atoms with van der Waals surface area (Å²) in [5.41, 5.74) is -1.49. The number of carbonyl (C=O) groups is 4. The Morgan fingerprint density at radius 2 is 0.950 bits per heavy atom. The monoisotopic (exact) mass is 574 g/mol. The van der Waals surface area contributed by atoms with Gasteiger partial charge in [-0.3, -0.25) is 19.2 Å². The fourth-order valence-electron chi connectivity index (χ4n) is 3.98. The zero-order valence-corrected chi connectivity index (χ0v) is 25.3. The molecule has 0 fully saturated rings. The zero-order valence-electron chi connectivity index (χ0n) is 25.3. The van der Waals surface area contributed by atoms with E-state index in [4.69, 9.17) is 29.2 Å². The molecule has 234 valence electrons. The van der Waals surface area contributed by atoms with E-state index in [0.29, 0.717) is 51.7 Å². The van der Waals surface area contributed by atoms with Gasteiger partial charge in [0.2, 0.25) is 0 Å². The quantitative estimate of drug-likeness (QED) is 0.0873. The largest absolute Gasteiger partial charge is 0.466 e. The molecule has 0 bridgehead atoms. The average Bonchev–Trinajstić information content (AvgIpc) is 2.85. The molecule has 0 saturated heterocycles. The highest BCUT2D eigenvalue weighted by atomic mass is 16.6. The molecule has 10 nitrogen and oxygen atoms in total. The van der Waals surface area contributed by atoms with Crippen LogP contribution in [0.1, 0.15) is 130 Å². The molecule has 0 unspecified atom stereocenters. The molecule has 10 heteroatoms. The van der Waals surface area contributed by atoms with Crippen molar-refractivity contribution < 1.29 is 48.3 Å². The van der Waals surface area contributed by atoms with Gasteiger partial charge in [-0.05, 0) is 91.9 Å². The van der Waals surface area contributed by atoms with Crippen molar-refractivity contribution in [3.63, 3.8) is 0 Å². The van der Waals surface area contributed by atoms with E-state index in [1.54, 1.807) is 13.8 Å². The molecule has 2 N–H and O–H groups in total. The number of carbonyl (C=O) groups excluding carboxylic acids is 4. The molecular weight excluding hydrogens is 520 g/mol. The maximum atomic E-state index is 12.1. The van der Waals surface area contributed by atoms with Gasteiger partial charge >= 0.3 is 23.9 Å². The number of aliphatic hydroxyl groups is 2.